The number of allylic oxidation sites excluding steroid dienone is 1. The summed E-state index contributed by atoms with van der Waals surface area (Å²) >= 11 is 0. The molecule has 0 aliphatic carbocycles. The van der Waals surface area contributed by atoms with Crippen molar-refractivity contribution >= 4 is 0 Å². The fourth-order valence-corrected chi connectivity index (χ4v) is 0.920. The lowest BCUT2D eigenvalue weighted by Crippen LogP contribution is -2.42. The van der Waals surface area contributed by atoms with E-state index in [2.05, 4.69) is 33.0 Å². The molecule has 14 heavy (non-hydrogen) atoms. The van der Waals surface area contributed by atoms with Gasteiger partial charge in [0.2, 0.25) is 0 Å². The Balaban J connectivity index is 3.57. The first-order chi connectivity index (χ1) is 6.52. The average Bonchev–Trinajstić information content (AvgIpc) is 2.16. The van der Waals surface area contributed by atoms with E-state index in [4.69, 9.17) is 4.74 Å². The zero-order valence-electron chi connectivity index (χ0n) is 10.3. The molecular weight excluding hydrogens is 174 g/mol. The number of hydrogen-bond donors (Lipinski definition) is 1. The van der Waals surface area contributed by atoms with Gasteiger partial charge in [0.15, 0.2) is 0 Å². The number of ether oxygens (including phenoxy) is 1. The fraction of sp³-hybridized carbons (Fsp3) is 0.833. The van der Waals surface area contributed by atoms with Crippen LogP contribution in [0, 0.1) is 0 Å². The van der Waals surface area contributed by atoms with Crippen LogP contribution in [0.2, 0.25) is 0 Å². The molecule has 0 aromatic carbocycles. The van der Waals surface area contributed by atoms with Gasteiger partial charge in [0.05, 0.1) is 12.7 Å². The summed E-state index contributed by atoms with van der Waals surface area (Å²) in [5, 5.41) is 3.49. The molecule has 0 aromatic rings. The molecule has 0 radical (unpaired) electrons. The predicted molar refractivity (Wildman–Crippen MR) is 62.6 cm³/mol. The quantitative estimate of drug-likeness (QED) is 0.637. The second-order valence-electron chi connectivity index (χ2n) is 4.33. The van der Waals surface area contributed by atoms with E-state index in [9.17, 15) is 0 Å². The van der Waals surface area contributed by atoms with Crippen LogP contribution in [0.5, 0.6) is 0 Å². The van der Waals surface area contributed by atoms with E-state index in [1.165, 1.54) is 0 Å². The topological polar surface area (TPSA) is 21.3 Å². The first-order valence-corrected chi connectivity index (χ1v) is 5.49. The molecule has 2 nitrogen and oxygen atoms in total. The van der Waals surface area contributed by atoms with Gasteiger partial charge in [0.1, 0.15) is 0 Å². The van der Waals surface area contributed by atoms with Gasteiger partial charge in [-0.1, -0.05) is 19.1 Å². The van der Waals surface area contributed by atoms with Gasteiger partial charge in [-0.05, 0) is 34.1 Å². The molecule has 0 heterocycles. The Labute approximate surface area is 88.7 Å². The van der Waals surface area contributed by atoms with Gasteiger partial charge >= 0.3 is 0 Å². The largest absolute Gasteiger partial charge is 0.373 e. The molecule has 0 aliphatic rings. The van der Waals surface area contributed by atoms with E-state index in [0.29, 0.717) is 6.61 Å². The van der Waals surface area contributed by atoms with Crippen molar-refractivity contribution in [1.29, 1.82) is 0 Å². The second-order valence-corrected chi connectivity index (χ2v) is 4.33. The summed E-state index contributed by atoms with van der Waals surface area (Å²) in [5.74, 6) is 0. The highest BCUT2D eigenvalue weighted by Crippen LogP contribution is 2.06. The monoisotopic (exact) mass is 199 g/mol. The molecule has 0 rings (SSSR count). The van der Waals surface area contributed by atoms with Gasteiger partial charge in [0.25, 0.3) is 0 Å². The molecule has 0 fully saturated rings. The standard InChI is InChI=1S/C12H25NO/c1-6-8-9-14-11(3)10-13-12(4,5)7-2/h6,8,11,13H,7,9-10H2,1-5H3. The Morgan fingerprint density at radius 1 is 1.43 bits per heavy atom. The molecule has 1 N–H and O–H groups in total. The minimum Gasteiger partial charge on any atom is -0.373 e. The van der Waals surface area contributed by atoms with Crippen LogP contribution in [-0.2, 0) is 4.74 Å². The lowest BCUT2D eigenvalue weighted by atomic mass is 10.0. The maximum absolute atomic E-state index is 5.57. The van der Waals surface area contributed by atoms with Crippen LogP contribution in [0.1, 0.15) is 41.0 Å². The summed E-state index contributed by atoms with van der Waals surface area (Å²) < 4.78 is 5.57. The third-order valence-electron chi connectivity index (χ3n) is 2.46. The number of rotatable bonds is 7. The van der Waals surface area contributed by atoms with Gasteiger partial charge in [-0.3, -0.25) is 0 Å². The zero-order valence-corrected chi connectivity index (χ0v) is 10.3. The van der Waals surface area contributed by atoms with Crippen molar-refractivity contribution in [1.82, 2.24) is 5.32 Å². The summed E-state index contributed by atoms with van der Waals surface area (Å²) in [6.45, 7) is 12.4. The zero-order chi connectivity index (χ0) is 11.0. The molecule has 0 saturated heterocycles. The highest BCUT2D eigenvalue weighted by molar-refractivity contribution is 4.78. The molecule has 0 amide bonds. The molecule has 84 valence electrons. The Morgan fingerprint density at radius 2 is 2.07 bits per heavy atom. The molecule has 0 aromatic heterocycles. The van der Waals surface area contributed by atoms with E-state index >= 15 is 0 Å². The van der Waals surface area contributed by atoms with Gasteiger partial charge in [-0.25, -0.2) is 0 Å². The first-order valence-electron chi connectivity index (χ1n) is 5.49. The van der Waals surface area contributed by atoms with Crippen molar-refractivity contribution in [3.63, 3.8) is 0 Å². The average molecular weight is 199 g/mol. The van der Waals surface area contributed by atoms with Crippen LogP contribution in [-0.4, -0.2) is 24.8 Å². The van der Waals surface area contributed by atoms with Crippen molar-refractivity contribution in [2.45, 2.75) is 52.7 Å². The van der Waals surface area contributed by atoms with Crippen molar-refractivity contribution in [3.05, 3.63) is 12.2 Å². The molecule has 1 atom stereocenters. The van der Waals surface area contributed by atoms with E-state index in [1.807, 2.05) is 19.1 Å². The molecule has 0 saturated carbocycles. The maximum atomic E-state index is 5.57. The minimum atomic E-state index is 0.220. The lowest BCUT2D eigenvalue weighted by Gasteiger charge is -2.26. The van der Waals surface area contributed by atoms with Crippen LogP contribution < -0.4 is 5.32 Å². The van der Waals surface area contributed by atoms with Crippen LogP contribution in [0.15, 0.2) is 12.2 Å². The summed E-state index contributed by atoms with van der Waals surface area (Å²) in [5.41, 5.74) is 0.220. The molecule has 0 aliphatic heterocycles. The smallest absolute Gasteiger partial charge is 0.0675 e. The summed E-state index contributed by atoms with van der Waals surface area (Å²) in [7, 11) is 0. The van der Waals surface area contributed by atoms with Crippen LogP contribution in [0.3, 0.4) is 0 Å². The molecule has 0 bridgehead atoms. The molecule has 2 heteroatoms. The Bertz CT molecular complexity index is 164. The van der Waals surface area contributed by atoms with Crippen molar-refractivity contribution in [2.75, 3.05) is 13.2 Å². The van der Waals surface area contributed by atoms with Gasteiger partial charge < -0.3 is 10.1 Å². The minimum absolute atomic E-state index is 0.220. The Kier molecular flexibility index (Phi) is 6.85. The normalized spacial score (nSPS) is 14.9. The highest BCUT2D eigenvalue weighted by atomic mass is 16.5. The number of hydrogen-bond acceptors (Lipinski definition) is 2. The third kappa shape index (κ3) is 7.10. The van der Waals surface area contributed by atoms with Crippen LogP contribution in [0.4, 0.5) is 0 Å². The molecule has 0 spiro atoms. The maximum Gasteiger partial charge on any atom is 0.0675 e. The van der Waals surface area contributed by atoms with Crippen LogP contribution in [0.25, 0.3) is 0 Å². The van der Waals surface area contributed by atoms with E-state index in [1.54, 1.807) is 0 Å². The molecule has 1 unspecified atom stereocenters. The predicted octanol–water partition coefficient (Wildman–Crippen LogP) is 2.75. The SMILES string of the molecule is CC=CCOC(C)CNC(C)(C)CC. The molecular formula is C12H25NO. The van der Waals surface area contributed by atoms with Crippen molar-refractivity contribution < 1.29 is 4.74 Å². The van der Waals surface area contributed by atoms with Crippen molar-refractivity contribution in [3.8, 4) is 0 Å². The van der Waals surface area contributed by atoms with E-state index in [-0.39, 0.29) is 11.6 Å². The van der Waals surface area contributed by atoms with E-state index in [0.717, 1.165) is 13.0 Å². The fourth-order valence-electron chi connectivity index (χ4n) is 0.920. The first kappa shape index (κ1) is 13.7. The number of nitrogens with one attached hydrogen (secondary N) is 1. The van der Waals surface area contributed by atoms with Gasteiger partial charge in [-0.2, -0.15) is 0 Å². The summed E-state index contributed by atoms with van der Waals surface area (Å²) in [6.07, 6.45) is 5.45. The summed E-state index contributed by atoms with van der Waals surface area (Å²) in [4.78, 5) is 0. The highest BCUT2D eigenvalue weighted by Gasteiger charge is 2.14. The van der Waals surface area contributed by atoms with Gasteiger partial charge in [-0.15, -0.1) is 0 Å². The third-order valence-corrected chi connectivity index (χ3v) is 2.46. The van der Waals surface area contributed by atoms with Crippen molar-refractivity contribution in [2.24, 2.45) is 0 Å². The second kappa shape index (κ2) is 7.02. The van der Waals surface area contributed by atoms with E-state index < -0.39 is 0 Å². The van der Waals surface area contributed by atoms with Gasteiger partial charge in [0, 0.05) is 12.1 Å². The van der Waals surface area contributed by atoms with Crippen LogP contribution >= 0.6 is 0 Å². The Hall–Kier alpha value is -0.340. The lowest BCUT2D eigenvalue weighted by molar-refractivity contribution is 0.0813. The Morgan fingerprint density at radius 3 is 2.57 bits per heavy atom. The summed E-state index contributed by atoms with van der Waals surface area (Å²) in [6, 6.07) is 0.